The second-order valence-corrected chi connectivity index (χ2v) is 8.00. The van der Waals surface area contributed by atoms with Gasteiger partial charge in [-0.1, -0.05) is 36.4 Å². The van der Waals surface area contributed by atoms with Crippen molar-refractivity contribution in [2.24, 2.45) is 0 Å². The number of likely N-dealkylation sites (tertiary alicyclic amines) is 1. The van der Waals surface area contributed by atoms with Gasteiger partial charge >= 0.3 is 0 Å². The first kappa shape index (κ1) is 20.5. The molecule has 2 aromatic rings. The maximum Gasteiger partial charge on any atom is 0.239 e. The molecule has 1 atom stereocenters. The van der Waals surface area contributed by atoms with Gasteiger partial charge in [-0.25, -0.2) is 4.39 Å². The molecule has 0 bridgehead atoms. The van der Waals surface area contributed by atoms with E-state index >= 15 is 0 Å². The van der Waals surface area contributed by atoms with Crippen LogP contribution in [-0.2, 0) is 24.4 Å². The smallest absolute Gasteiger partial charge is 0.239 e. The highest BCUT2D eigenvalue weighted by molar-refractivity contribution is 5.82. The zero-order chi connectivity index (χ0) is 20.1. The van der Waals surface area contributed by atoms with Crippen LogP contribution >= 0.6 is 0 Å². The third-order valence-corrected chi connectivity index (χ3v) is 5.27. The van der Waals surface area contributed by atoms with Crippen LogP contribution in [0.2, 0.25) is 0 Å². The summed E-state index contributed by atoms with van der Waals surface area (Å²) in [6, 6.07) is 14.9. The molecule has 1 saturated heterocycles. The molecule has 0 aliphatic carbocycles. The number of carbonyl (C=O) groups is 1. The summed E-state index contributed by atoms with van der Waals surface area (Å²) in [4.78, 5) is 19.2. The Morgan fingerprint density at radius 1 is 0.964 bits per heavy atom. The number of nitrogens with zero attached hydrogens (tertiary/aromatic N) is 3. The van der Waals surface area contributed by atoms with Crippen molar-refractivity contribution < 1.29 is 9.18 Å². The molecule has 0 aromatic heterocycles. The summed E-state index contributed by atoms with van der Waals surface area (Å²) in [7, 11) is 5.99. The fourth-order valence-electron chi connectivity index (χ4n) is 3.84. The molecule has 28 heavy (non-hydrogen) atoms. The molecular formula is C23H30FN3O. The molecule has 0 saturated carbocycles. The van der Waals surface area contributed by atoms with E-state index in [-0.39, 0.29) is 17.8 Å². The van der Waals surface area contributed by atoms with Gasteiger partial charge in [0, 0.05) is 26.7 Å². The first-order valence-corrected chi connectivity index (χ1v) is 9.88. The summed E-state index contributed by atoms with van der Waals surface area (Å²) < 4.78 is 13.1. The molecule has 1 amide bonds. The van der Waals surface area contributed by atoms with Crippen LogP contribution in [0.25, 0.3) is 0 Å². The SMILES string of the molecule is CN(C)Cc1ccc(CN(C)C(=O)C2CCCN2Cc2ccc(F)cc2)cc1. The number of likely N-dealkylation sites (N-methyl/N-ethyl adjacent to an activating group) is 1. The molecule has 0 radical (unpaired) electrons. The van der Waals surface area contributed by atoms with E-state index in [9.17, 15) is 9.18 Å². The normalized spacial score (nSPS) is 17.2. The maximum atomic E-state index is 13.1. The molecular weight excluding hydrogens is 353 g/mol. The van der Waals surface area contributed by atoms with Gasteiger partial charge in [-0.05, 0) is 62.3 Å². The van der Waals surface area contributed by atoms with Gasteiger partial charge in [0.2, 0.25) is 5.91 Å². The third kappa shape index (κ3) is 5.40. The predicted molar refractivity (Wildman–Crippen MR) is 110 cm³/mol. The van der Waals surface area contributed by atoms with Crippen molar-refractivity contribution in [2.45, 2.75) is 38.5 Å². The number of hydrogen-bond donors (Lipinski definition) is 0. The Balaban J connectivity index is 1.59. The maximum absolute atomic E-state index is 13.1. The van der Waals surface area contributed by atoms with Crippen LogP contribution in [0.3, 0.4) is 0 Å². The van der Waals surface area contributed by atoms with Crippen LogP contribution in [0.5, 0.6) is 0 Å². The van der Waals surface area contributed by atoms with Crippen molar-refractivity contribution >= 4 is 5.91 Å². The van der Waals surface area contributed by atoms with E-state index in [4.69, 9.17) is 0 Å². The van der Waals surface area contributed by atoms with Crippen LogP contribution < -0.4 is 0 Å². The average Bonchev–Trinajstić information content (AvgIpc) is 3.12. The third-order valence-electron chi connectivity index (χ3n) is 5.27. The lowest BCUT2D eigenvalue weighted by Crippen LogP contribution is -2.43. The molecule has 2 aromatic carbocycles. The van der Waals surface area contributed by atoms with Gasteiger partial charge < -0.3 is 9.80 Å². The highest BCUT2D eigenvalue weighted by atomic mass is 19.1. The molecule has 1 unspecified atom stereocenters. The van der Waals surface area contributed by atoms with E-state index in [1.807, 2.05) is 11.9 Å². The van der Waals surface area contributed by atoms with Crippen molar-refractivity contribution in [3.8, 4) is 0 Å². The highest BCUT2D eigenvalue weighted by Gasteiger charge is 2.32. The Labute approximate surface area is 167 Å². The molecule has 0 spiro atoms. The second-order valence-electron chi connectivity index (χ2n) is 8.00. The van der Waals surface area contributed by atoms with E-state index < -0.39 is 0 Å². The number of carbonyl (C=O) groups excluding carboxylic acids is 1. The van der Waals surface area contributed by atoms with Crippen LogP contribution in [-0.4, -0.2) is 54.3 Å². The summed E-state index contributed by atoms with van der Waals surface area (Å²) in [6.45, 7) is 3.11. The standard InChI is InChI=1S/C23H30FN3O/c1-25(2)15-18-6-8-19(9-7-18)16-26(3)23(28)22-5-4-14-27(22)17-20-10-12-21(24)13-11-20/h6-13,22H,4-5,14-17H2,1-3H3. The minimum atomic E-state index is -0.228. The summed E-state index contributed by atoms with van der Waals surface area (Å²) in [6.07, 6.45) is 1.90. The van der Waals surface area contributed by atoms with Crippen LogP contribution in [0, 0.1) is 5.82 Å². The molecule has 1 fully saturated rings. The Bertz CT molecular complexity index is 773. The fraction of sp³-hybridized carbons (Fsp3) is 0.435. The zero-order valence-corrected chi connectivity index (χ0v) is 17.1. The zero-order valence-electron chi connectivity index (χ0n) is 17.1. The van der Waals surface area contributed by atoms with Crippen molar-refractivity contribution in [3.63, 3.8) is 0 Å². The monoisotopic (exact) mass is 383 g/mol. The first-order valence-electron chi connectivity index (χ1n) is 9.88. The minimum absolute atomic E-state index is 0.0944. The van der Waals surface area contributed by atoms with Gasteiger partial charge in [-0.3, -0.25) is 9.69 Å². The Kier molecular flexibility index (Phi) is 6.81. The number of hydrogen-bond acceptors (Lipinski definition) is 3. The lowest BCUT2D eigenvalue weighted by atomic mass is 10.1. The van der Waals surface area contributed by atoms with E-state index in [0.29, 0.717) is 13.1 Å². The van der Waals surface area contributed by atoms with Crippen molar-refractivity contribution in [2.75, 3.05) is 27.7 Å². The molecule has 3 rings (SSSR count). The fourth-order valence-corrected chi connectivity index (χ4v) is 3.84. The number of benzene rings is 2. The Morgan fingerprint density at radius 2 is 1.54 bits per heavy atom. The predicted octanol–water partition coefficient (Wildman–Crippen LogP) is 3.51. The second kappa shape index (κ2) is 9.30. The molecule has 0 N–H and O–H groups in total. The largest absolute Gasteiger partial charge is 0.340 e. The van der Waals surface area contributed by atoms with Gasteiger partial charge in [0.1, 0.15) is 5.82 Å². The summed E-state index contributed by atoms with van der Waals surface area (Å²) in [5.41, 5.74) is 3.45. The van der Waals surface area contributed by atoms with Crippen molar-refractivity contribution in [3.05, 3.63) is 71.0 Å². The first-order chi connectivity index (χ1) is 13.4. The topological polar surface area (TPSA) is 26.8 Å². The van der Waals surface area contributed by atoms with E-state index in [1.54, 1.807) is 12.1 Å². The van der Waals surface area contributed by atoms with Gasteiger partial charge in [0.25, 0.3) is 0 Å². The molecule has 1 aliphatic heterocycles. The molecule has 1 heterocycles. The van der Waals surface area contributed by atoms with Crippen LogP contribution in [0.1, 0.15) is 29.5 Å². The highest BCUT2D eigenvalue weighted by Crippen LogP contribution is 2.22. The number of rotatable bonds is 7. The molecule has 150 valence electrons. The molecule has 1 aliphatic rings. The lowest BCUT2D eigenvalue weighted by Gasteiger charge is -2.28. The van der Waals surface area contributed by atoms with Gasteiger partial charge in [0.05, 0.1) is 6.04 Å². The van der Waals surface area contributed by atoms with Gasteiger partial charge in [0.15, 0.2) is 0 Å². The van der Waals surface area contributed by atoms with Crippen molar-refractivity contribution in [1.82, 2.24) is 14.7 Å². The van der Waals surface area contributed by atoms with E-state index in [0.717, 1.165) is 37.1 Å². The summed E-state index contributed by atoms with van der Waals surface area (Å²) in [5.74, 6) is -0.0638. The summed E-state index contributed by atoms with van der Waals surface area (Å²) >= 11 is 0. The Hall–Kier alpha value is -2.24. The minimum Gasteiger partial charge on any atom is -0.340 e. The van der Waals surface area contributed by atoms with Gasteiger partial charge in [-0.15, -0.1) is 0 Å². The lowest BCUT2D eigenvalue weighted by molar-refractivity contribution is -0.135. The number of halogens is 1. The van der Waals surface area contributed by atoms with Crippen molar-refractivity contribution in [1.29, 1.82) is 0 Å². The Morgan fingerprint density at radius 3 is 2.14 bits per heavy atom. The average molecular weight is 384 g/mol. The summed E-state index contributed by atoms with van der Waals surface area (Å²) in [5, 5.41) is 0. The van der Waals surface area contributed by atoms with Crippen LogP contribution in [0.15, 0.2) is 48.5 Å². The van der Waals surface area contributed by atoms with E-state index in [2.05, 4.69) is 48.2 Å². The van der Waals surface area contributed by atoms with E-state index in [1.165, 1.54) is 17.7 Å². The van der Waals surface area contributed by atoms with Gasteiger partial charge in [-0.2, -0.15) is 0 Å². The molecule has 4 nitrogen and oxygen atoms in total. The molecule has 5 heteroatoms. The van der Waals surface area contributed by atoms with Crippen LogP contribution in [0.4, 0.5) is 4.39 Å². The quantitative estimate of drug-likeness (QED) is 0.732. The number of amides is 1.